The van der Waals surface area contributed by atoms with Crippen LogP contribution in [0.25, 0.3) is 0 Å². The second-order valence-corrected chi connectivity index (χ2v) is 7.79. The summed E-state index contributed by atoms with van der Waals surface area (Å²) in [4.78, 5) is 41.0. The topological polar surface area (TPSA) is 91.0 Å². The third-order valence-electron chi connectivity index (χ3n) is 5.46. The molecule has 0 saturated carbocycles. The van der Waals surface area contributed by atoms with Crippen LogP contribution in [0.3, 0.4) is 0 Å². The van der Waals surface area contributed by atoms with Crippen molar-refractivity contribution in [3.8, 4) is 0 Å². The van der Waals surface area contributed by atoms with E-state index in [9.17, 15) is 14.4 Å². The predicted molar refractivity (Wildman–Crippen MR) is 118 cm³/mol. The molecule has 8 heteroatoms. The summed E-state index contributed by atoms with van der Waals surface area (Å²) < 4.78 is 5.52. The molecule has 2 aromatic rings. The summed E-state index contributed by atoms with van der Waals surface area (Å²) in [7, 11) is 0. The molecular weight excluding hydrogens is 396 g/mol. The Hall–Kier alpha value is -3.39. The number of ether oxygens (including phenoxy) is 1. The molecule has 31 heavy (non-hydrogen) atoms. The summed E-state index contributed by atoms with van der Waals surface area (Å²) in [6.45, 7) is 2.88. The molecule has 0 bridgehead atoms. The summed E-state index contributed by atoms with van der Waals surface area (Å²) in [6, 6.07) is 14.1. The lowest BCUT2D eigenvalue weighted by atomic mass is 10.1. The summed E-state index contributed by atoms with van der Waals surface area (Å²) in [5.74, 6) is -0.568. The molecule has 0 unspecified atom stereocenters. The van der Waals surface area contributed by atoms with Gasteiger partial charge in [-0.25, -0.2) is 4.79 Å². The van der Waals surface area contributed by atoms with E-state index in [1.165, 1.54) is 9.80 Å². The van der Waals surface area contributed by atoms with Crippen molar-refractivity contribution in [1.82, 2.24) is 5.32 Å². The van der Waals surface area contributed by atoms with E-state index >= 15 is 0 Å². The van der Waals surface area contributed by atoms with E-state index in [2.05, 4.69) is 10.6 Å². The van der Waals surface area contributed by atoms with Crippen molar-refractivity contribution < 1.29 is 19.1 Å². The predicted octanol–water partition coefficient (Wildman–Crippen LogP) is 2.68. The molecule has 2 N–H and O–H groups in total. The number of rotatable bonds is 5. The number of anilines is 3. The van der Waals surface area contributed by atoms with Gasteiger partial charge in [0.15, 0.2) is 0 Å². The molecule has 8 nitrogen and oxygen atoms in total. The minimum atomic E-state index is -0.396. The third-order valence-corrected chi connectivity index (χ3v) is 5.46. The maximum Gasteiger partial charge on any atom is 0.326 e. The first-order valence-electron chi connectivity index (χ1n) is 10.4. The standard InChI is InChI=1S/C23H26N4O4/c1-16-8-10-17(11-9-16)25-23(30)27-15-22(29)26(19-6-2-3-7-20(19)27)14-21(28)24-13-18-5-4-12-31-18/h2-3,6-11,18H,4-5,12-15H2,1H3,(H,24,28)(H,25,30)/t18-/m1/s1. The van der Waals surface area contributed by atoms with Crippen LogP contribution in [0.15, 0.2) is 48.5 Å². The van der Waals surface area contributed by atoms with Gasteiger partial charge >= 0.3 is 6.03 Å². The molecule has 0 spiro atoms. The molecule has 1 atom stereocenters. The van der Waals surface area contributed by atoms with E-state index in [0.29, 0.717) is 23.6 Å². The Kier molecular flexibility index (Phi) is 6.18. The highest BCUT2D eigenvalue weighted by atomic mass is 16.5. The maximum absolute atomic E-state index is 12.9. The zero-order chi connectivity index (χ0) is 21.8. The quantitative estimate of drug-likeness (QED) is 0.775. The van der Waals surface area contributed by atoms with Crippen molar-refractivity contribution in [2.24, 2.45) is 0 Å². The number of hydrogen-bond acceptors (Lipinski definition) is 4. The number of para-hydroxylation sites is 2. The van der Waals surface area contributed by atoms with Crippen molar-refractivity contribution in [3.05, 3.63) is 54.1 Å². The minimum Gasteiger partial charge on any atom is -0.376 e. The maximum atomic E-state index is 12.9. The van der Waals surface area contributed by atoms with E-state index in [-0.39, 0.29) is 31.0 Å². The van der Waals surface area contributed by atoms with Gasteiger partial charge in [0, 0.05) is 18.8 Å². The van der Waals surface area contributed by atoms with Crippen LogP contribution in [0.2, 0.25) is 0 Å². The molecule has 4 rings (SSSR count). The normalized spacial score (nSPS) is 18.0. The number of benzene rings is 2. The zero-order valence-electron chi connectivity index (χ0n) is 17.5. The Morgan fingerprint density at radius 3 is 2.55 bits per heavy atom. The Labute approximate surface area is 181 Å². The molecule has 2 aliphatic heterocycles. The highest BCUT2D eigenvalue weighted by molar-refractivity contribution is 6.15. The average Bonchev–Trinajstić information content (AvgIpc) is 3.29. The first kappa shape index (κ1) is 20.9. The first-order chi connectivity index (χ1) is 15.0. The molecule has 4 amide bonds. The number of nitrogens with one attached hydrogen (secondary N) is 2. The van der Waals surface area contributed by atoms with Crippen molar-refractivity contribution in [3.63, 3.8) is 0 Å². The molecular formula is C23H26N4O4. The number of aryl methyl sites for hydroxylation is 1. The van der Waals surface area contributed by atoms with Crippen molar-refractivity contribution in [2.45, 2.75) is 25.9 Å². The molecule has 1 fully saturated rings. The lowest BCUT2D eigenvalue weighted by Gasteiger charge is -2.35. The second kappa shape index (κ2) is 9.18. The Balaban J connectivity index is 1.46. The van der Waals surface area contributed by atoms with Crippen LogP contribution >= 0.6 is 0 Å². The van der Waals surface area contributed by atoms with Crippen LogP contribution in [-0.2, 0) is 14.3 Å². The SMILES string of the molecule is Cc1ccc(NC(=O)N2CC(=O)N(CC(=O)NC[C@H]3CCCO3)c3ccccc32)cc1. The fourth-order valence-corrected chi connectivity index (χ4v) is 3.78. The Morgan fingerprint density at radius 1 is 1.10 bits per heavy atom. The minimum absolute atomic E-state index is 0.0363. The number of carbonyl (C=O) groups is 3. The lowest BCUT2D eigenvalue weighted by molar-refractivity contribution is -0.123. The third kappa shape index (κ3) is 4.86. The van der Waals surface area contributed by atoms with E-state index in [0.717, 1.165) is 25.0 Å². The smallest absolute Gasteiger partial charge is 0.326 e. The van der Waals surface area contributed by atoms with Gasteiger partial charge in [0.25, 0.3) is 0 Å². The molecule has 2 aliphatic rings. The van der Waals surface area contributed by atoms with Crippen LogP contribution < -0.4 is 20.4 Å². The first-order valence-corrected chi connectivity index (χ1v) is 10.4. The summed E-state index contributed by atoms with van der Waals surface area (Å²) in [5, 5.41) is 5.67. The van der Waals surface area contributed by atoms with E-state index < -0.39 is 6.03 Å². The van der Waals surface area contributed by atoms with Crippen LogP contribution in [0, 0.1) is 6.92 Å². The summed E-state index contributed by atoms with van der Waals surface area (Å²) in [5.41, 5.74) is 2.85. The van der Waals surface area contributed by atoms with Gasteiger partial charge in [-0.15, -0.1) is 0 Å². The highest BCUT2D eigenvalue weighted by Crippen LogP contribution is 2.33. The lowest BCUT2D eigenvalue weighted by Crippen LogP contribution is -2.52. The van der Waals surface area contributed by atoms with Gasteiger partial charge in [0.2, 0.25) is 11.8 Å². The van der Waals surface area contributed by atoms with E-state index in [4.69, 9.17) is 4.74 Å². The molecule has 162 valence electrons. The highest BCUT2D eigenvalue weighted by Gasteiger charge is 2.33. The fraction of sp³-hybridized carbons (Fsp3) is 0.348. The number of urea groups is 1. The zero-order valence-corrected chi connectivity index (χ0v) is 17.5. The number of fused-ring (bicyclic) bond motifs is 1. The van der Waals surface area contributed by atoms with Crippen molar-refractivity contribution >= 4 is 34.9 Å². The van der Waals surface area contributed by atoms with Gasteiger partial charge in [0.05, 0.1) is 17.5 Å². The van der Waals surface area contributed by atoms with Crippen LogP contribution in [0.1, 0.15) is 18.4 Å². The molecule has 2 heterocycles. The van der Waals surface area contributed by atoms with Gasteiger partial charge in [-0.2, -0.15) is 0 Å². The van der Waals surface area contributed by atoms with Crippen molar-refractivity contribution in [2.75, 3.05) is 41.4 Å². The summed E-state index contributed by atoms with van der Waals surface area (Å²) >= 11 is 0. The van der Waals surface area contributed by atoms with E-state index in [1.807, 2.05) is 31.2 Å². The van der Waals surface area contributed by atoms with Gasteiger partial charge in [-0.05, 0) is 44.0 Å². The largest absolute Gasteiger partial charge is 0.376 e. The Bertz CT molecular complexity index is 970. The number of amides is 4. The van der Waals surface area contributed by atoms with Gasteiger partial charge in [-0.3, -0.25) is 19.4 Å². The average molecular weight is 422 g/mol. The Morgan fingerprint density at radius 2 is 1.84 bits per heavy atom. The molecule has 0 aromatic heterocycles. The number of carbonyl (C=O) groups excluding carboxylic acids is 3. The van der Waals surface area contributed by atoms with Crippen molar-refractivity contribution in [1.29, 1.82) is 0 Å². The van der Waals surface area contributed by atoms with Gasteiger partial charge in [0.1, 0.15) is 13.1 Å². The van der Waals surface area contributed by atoms with Crippen LogP contribution in [0.5, 0.6) is 0 Å². The number of nitrogens with zero attached hydrogens (tertiary/aromatic N) is 2. The number of hydrogen-bond donors (Lipinski definition) is 2. The van der Waals surface area contributed by atoms with Gasteiger partial charge in [-0.1, -0.05) is 29.8 Å². The van der Waals surface area contributed by atoms with Crippen LogP contribution in [0.4, 0.5) is 21.9 Å². The molecule has 0 radical (unpaired) electrons. The monoisotopic (exact) mass is 422 g/mol. The summed E-state index contributed by atoms with van der Waals surface area (Å²) in [6.07, 6.45) is 1.96. The van der Waals surface area contributed by atoms with E-state index in [1.54, 1.807) is 24.3 Å². The fourth-order valence-electron chi connectivity index (χ4n) is 3.78. The molecule has 1 saturated heterocycles. The van der Waals surface area contributed by atoms with Crippen LogP contribution in [-0.4, -0.2) is 50.2 Å². The second-order valence-electron chi connectivity index (χ2n) is 7.79. The molecule has 2 aromatic carbocycles. The van der Waals surface area contributed by atoms with Gasteiger partial charge < -0.3 is 15.4 Å². The molecule has 0 aliphatic carbocycles.